The van der Waals surface area contributed by atoms with Gasteiger partial charge in [0.15, 0.2) is 11.9 Å². The normalized spacial score (nSPS) is 56.9. The Hall–Kier alpha value is -0.400. The highest BCUT2D eigenvalue weighted by molar-refractivity contribution is 5.11. The molecule has 0 spiro atoms. The zero-order chi connectivity index (χ0) is 16.8. The largest absolute Gasteiger partial charge is 0.394 e. The highest BCUT2D eigenvalue weighted by Gasteiger charge is 2.63. The van der Waals surface area contributed by atoms with Crippen molar-refractivity contribution in [2.24, 2.45) is 0 Å². The van der Waals surface area contributed by atoms with Gasteiger partial charge in [-0.25, -0.2) is 0 Å². The van der Waals surface area contributed by atoms with Gasteiger partial charge in [-0.15, -0.1) is 0 Å². The van der Waals surface area contributed by atoms with Gasteiger partial charge in [0.1, 0.15) is 42.7 Å². The number of rotatable bonds is 2. The number of aliphatic hydroxyl groups is 8. The summed E-state index contributed by atoms with van der Waals surface area (Å²) in [5.41, 5.74) is -2.64. The van der Waals surface area contributed by atoms with Crippen LogP contribution in [0.25, 0.3) is 0 Å². The van der Waals surface area contributed by atoms with E-state index >= 15 is 0 Å². The summed E-state index contributed by atoms with van der Waals surface area (Å²) >= 11 is 0. The molecule has 2 rings (SSSR count). The zero-order valence-electron chi connectivity index (χ0n) is 11.8. The van der Waals surface area contributed by atoms with E-state index in [-0.39, 0.29) is 0 Å². The maximum atomic E-state index is 10.7. The molecule has 10 nitrogen and oxygen atoms in total. The number of aliphatic hydroxyl groups excluding tert-OH is 7. The van der Waals surface area contributed by atoms with Gasteiger partial charge in [0, 0.05) is 0 Å². The smallest absolute Gasteiger partial charge is 0.184 e. The van der Waals surface area contributed by atoms with Gasteiger partial charge < -0.3 is 50.3 Å². The lowest BCUT2D eigenvalue weighted by Gasteiger charge is -2.53. The second-order valence-electron chi connectivity index (χ2n) is 5.76. The summed E-state index contributed by atoms with van der Waals surface area (Å²) in [6, 6.07) is 0. The van der Waals surface area contributed by atoms with Crippen LogP contribution in [0.1, 0.15) is 6.92 Å². The summed E-state index contributed by atoms with van der Waals surface area (Å²) in [6.45, 7) is 0.574. The van der Waals surface area contributed by atoms with E-state index in [4.69, 9.17) is 14.6 Å². The average Bonchev–Trinajstić information content (AvgIpc) is 2.50. The third kappa shape index (κ3) is 2.55. The van der Waals surface area contributed by atoms with Gasteiger partial charge in [-0.05, 0) is 6.92 Å². The third-order valence-electron chi connectivity index (χ3n) is 4.37. The average molecular weight is 326 g/mol. The van der Waals surface area contributed by atoms with Crippen molar-refractivity contribution in [1.29, 1.82) is 0 Å². The van der Waals surface area contributed by atoms with Crippen molar-refractivity contribution in [3.05, 3.63) is 0 Å². The van der Waals surface area contributed by atoms with Crippen molar-refractivity contribution in [3.63, 3.8) is 0 Å². The minimum Gasteiger partial charge on any atom is -0.394 e. The molecule has 10 heteroatoms. The topological polar surface area (TPSA) is 180 Å². The minimum absolute atomic E-state index is 0.781. The van der Waals surface area contributed by atoms with E-state index in [0.29, 0.717) is 0 Å². The molecule has 0 aromatic carbocycles. The highest BCUT2D eigenvalue weighted by atomic mass is 16.6. The van der Waals surface area contributed by atoms with Crippen LogP contribution in [0.3, 0.4) is 0 Å². The lowest BCUT2D eigenvalue weighted by Crippen LogP contribution is -2.76. The Balaban J connectivity index is 2.37. The van der Waals surface area contributed by atoms with E-state index in [1.807, 2.05) is 0 Å². The first-order chi connectivity index (χ1) is 10.2. The van der Waals surface area contributed by atoms with E-state index < -0.39 is 67.3 Å². The van der Waals surface area contributed by atoms with Crippen molar-refractivity contribution in [3.8, 4) is 0 Å². The monoisotopic (exact) mass is 326 g/mol. The van der Waals surface area contributed by atoms with E-state index in [1.54, 1.807) is 0 Å². The first-order valence-electron chi connectivity index (χ1n) is 6.88. The fraction of sp³-hybridized carbons (Fsp3) is 1.00. The van der Waals surface area contributed by atoms with Gasteiger partial charge in [-0.1, -0.05) is 0 Å². The van der Waals surface area contributed by atoms with E-state index in [0.717, 1.165) is 0 Å². The summed E-state index contributed by atoms with van der Waals surface area (Å²) in [6.07, 6.45) is -15.2. The fourth-order valence-electron chi connectivity index (χ4n) is 2.94. The fourth-order valence-corrected chi connectivity index (χ4v) is 2.94. The molecular weight excluding hydrogens is 304 g/mol. The van der Waals surface area contributed by atoms with Crippen LogP contribution in [0, 0.1) is 0 Å². The standard InChI is InChI=1S/C12H22O10/c1-3-5(14)6(15)7(16)10(21-3)12(20)8(17)4(2-13)22-11(19)9(12)18/h3-11,13-20H,2H2,1H3/t3-,4?,5-,6+,7+,8?,9?,10?,11?,12?/m1/s1. The second kappa shape index (κ2) is 6.24. The summed E-state index contributed by atoms with van der Waals surface area (Å²) in [5.74, 6) is 0. The molecule has 6 unspecified atom stereocenters. The molecule has 0 aromatic rings. The van der Waals surface area contributed by atoms with Crippen molar-refractivity contribution in [2.75, 3.05) is 6.61 Å². The Kier molecular flexibility index (Phi) is 5.09. The number of hydrogen-bond acceptors (Lipinski definition) is 10. The molecule has 0 bridgehead atoms. The van der Waals surface area contributed by atoms with E-state index in [9.17, 15) is 35.7 Å². The number of ether oxygens (including phenoxy) is 2. The van der Waals surface area contributed by atoms with Crippen LogP contribution in [0.15, 0.2) is 0 Å². The van der Waals surface area contributed by atoms with Gasteiger partial charge >= 0.3 is 0 Å². The molecule has 0 aromatic heterocycles. The van der Waals surface area contributed by atoms with Crippen LogP contribution in [-0.2, 0) is 9.47 Å². The molecule has 0 amide bonds. The summed E-state index contributed by atoms with van der Waals surface area (Å²) in [7, 11) is 0. The maximum absolute atomic E-state index is 10.7. The predicted molar refractivity (Wildman–Crippen MR) is 67.3 cm³/mol. The van der Waals surface area contributed by atoms with Crippen LogP contribution >= 0.6 is 0 Å². The van der Waals surface area contributed by atoms with Crippen molar-refractivity contribution in [1.82, 2.24) is 0 Å². The molecule has 22 heavy (non-hydrogen) atoms. The molecule has 130 valence electrons. The maximum Gasteiger partial charge on any atom is 0.184 e. The SMILES string of the molecule is C[C@H]1OC(C2(O)C(O)C(O)OC(CO)C2O)[C@@H](O)[C@@H](O)[C@@H]1O. The van der Waals surface area contributed by atoms with Crippen molar-refractivity contribution in [2.45, 2.75) is 67.6 Å². The quantitative estimate of drug-likeness (QED) is 0.245. The Morgan fingerprint density at radius 2 is 1.45 bits per heavy atom. The van der Waals surface area contributed by atoms with Crippen LogP contribution in [0.2, 0.25) is 0 Å². The van der Waals surface area contributed by atoms with Crippen molar-refractivity contribution < 1.29 is 50.3 Å². The summed E-state index contributed by atoms with van der Waals surface area (Å²) in [5, 5.41) is 79.0. The van der Waals surface area contributed by atoms with Gasteiger partial charge in [0.2, 0.25) is 0 Å². The van der Waals surface area contributed by atoms with Crippen LogP contribution in [0.4, 0.5) is 0 Å². The van der Waals surface area contributed by atoms with Gasteiger partial charge in [-0.3, -0.25) is 0 Å². The summed E-state index contributed by atoms with van der Waals surface area (Å²) in [4.78, 5) is 0. The minimum atomic E-state index is -2.64. The molecule has 2 heterocycles. The lowest BCUT2D eigenvalue weighted by atomic mass is 9.75. The molecule has 8 N–H and O–H groups in total. The molecule has 2 saturated heterocycles. The molecule has 0 aliphatic carbocycles. The lowest BCUT2D eigenvalue weighted by molar-refractivity contribution is -0.366. The first kappa shape index (κ1) is 17.9. The van der Waals surface area contributed by atoms with Crippen LogP contribution < -0.4 is 0 Å². The highest BCUT2D eigenvalue weighted by Crippen LogP contribution is 2.38. The Labute approximate surface area is 125 Å². The third-order valence-corrected chi connectivity index (χ3v) is 4.37. The number of hydrogen-bond donors (Lipinski definition) is 8. The van der Waals surface area contributed by atoms with E-state index in [2.05, 4.69) is 0 Å². The van der Waals surface area contributed by atoms with Gasteiger partial charge in [-0.2, -0.15) is 0 Å². The summed E-state index contributed by atoms with van der Waals surface area (Å²) < 4.78 is 9.98. The molecule has 0 radical (unpaired) electrons. The van der Waals surface area contributed by atoms with Crippen molar-refractivity contribution >= 4 is 0 Å². The molecule has 2 aliphatic heterocycles. The molecule has 2 fully saturated rings. The van der Waals surface area contributed by atoms with Gasteiger partial charge in [0.25, 0.3) is 0 Å². The van der Waals surface area contributed by atoms with E-state index in [1.165, 1.54) is 6.92 Å². The predicted octanol–water partition coefficient (Wildman–Crippen LogP) is -4.98. The van der Waals surface area contributed by atoms with Gasteiger partial charge in [0.05, 0.1) is 12.7 Å². The Morgan fingerprint density at radius 1 is 0.864 bits per heavy atom. The zero-order valence-corrected chi connectivity index (χ0v) is 11.8. The second-order valence-corrected chi connectivity index (χ2v) is 5.76. The molecular formula is C12H22O10. The Bertz CT molecular complexity index is 394. The first-order valence-corrected chi connectivity index (χ1v) is 6.88. The Morgan fingerprint density at radius 3 is 2.00 bits per heavy atom. The van der Waals surface area contributed by atoms with Crippen LogP contribution in [-0.4, -0.2) is 108 Å². The molecule has 0 saturated carbocycles. The molecule has 10 atom stereocenters. The molecule has 2 aliphatic rings. The van der Waals surface area contributed by atoms with Crippen LogP contribution in [0.5, 0.6) is 0 Å².